The number of ether oxygens (including phenoxy) is 1. The van der Waals surface area contributed by atoms with E-state index in [4.69, 9.17) is 10.5 Å². The monoisotopic (exact) mass is 234 g/mol. The lowest BCUT2D eigenvalue weighted by atomic mass is 10.1. The summed E-state index contributed by atoms with van der Waals surface area (Å²) in [6, 6.07) is 8.32. The summed E-state index contributed by atoms with van der Waals surface area (Å²) in [6.45, 7) is 2.46. The Morgan fingerprint density at radius 1 is 1.47 bits per heavy atom. The third kappa shape index (κ3) is 2.65. The van der Waals surface area contributed by atoms with Crippen LogP contribution in [0.5, 0.6) is 0 Å². The molecular weight excluding hydrogens is 216 g/mol. The molecule has 2 rings (SSSR count). The number of hydrogen-bond donors (Lipinski definition) is 2. The quantitative estimate of drug-likeness (QED) is 0.770. The van der Waals surface area contributed by atoms with Crippen molar-refractivity contribution in [1.29, 1.82) is 0 Å². The van der Waals surface area contributed by atoms with Crippen LogP contribution in [0.4, 0.5) is 0 Å². The second-order valence-electron chi connectivity index (χ2n) is 4.21. The number of benzene rings is 1. The first-order chi connectivity index (χ1) is 8.22. The minimum Gasteiger partial charge on any atom is -0.465 e. The summed E-state index contributed by atoms with van der Waals surface area (Å²) in [5.41, 5.74) is 8.42. The molecule has 0 saturated heterocycles. The summed E-state index contributed by atoms with van der Waals surface area (Å²) in [5.74, 6) is -0.217. The highest BCUT2D eigenvalue weighted by molar-refractivity contribution is 5.71. The Morgan fingerprint density at radius 3 is 2.88 bits per heavy atom. The highest BCUT2D eigenvalue weighted by atomic mass is 16.5. The number of hydrogen-bond acceptors (Lipinski definition) is 4. The van der Waals surface area contributed by atoms with E-state index in [2.05, 4.69) is 11.4 Å². The number of carbonyl (C=O) groups is 1. The van der Waals surface area contributed by atoms with E-state index in [1.165, 1.54) is 11.1 Å². The molecule has 1 aliphatic rings. The van der Waals surface area contributed by atoms with Crippen molar-refractivity contribution < 1.29 is 9.53 Å². The van der Waals surface area contributed by atoms with Crippen molar-refractivity contribution in [3.63, 3.8) is 0 Å². The molecule has 0 saturated carbocycles. The molecule has 92 valence electrons. The Morgan fingerprint density at radius 2 is 2.18 bits per heavy atom. The van der Waals surface area contributed by atoms with Gasteiger partial charge >= 0.3 is 5.97 Å². The van der Waals surface area contributed by atoms with Crippen molar-refractivity contribution in [1.82, 2.24) is 5.32 Å². The van der Waals surface area contributed by atoms with Crippen LogP contribution in [0, 0.1) is 0 Å². The fourth-order valence-electron chi connectivity index (χ4n) is 2.29. The lowest BCUT2D eigenvalue weighted by Crippen LogP contribution is -2.28. The van der Waals surface area contributed by atoms with Crippen LogP contribution in [0.3, 0.4) is 0 Å². The molecule has 0 bridgehead atoms. The second kappa shape index (κ2) is 5.29. The van der Waals surface area contributed by atoms with Gasteiger partial charge in [0.05, 0.1) is 13.2 Å². The van der Waals surface area contributed by atoms with Gasteiger partial charge in [0.15, 0.2) is 0 Å². The minimum absolute atomic E-state index is 0.0610. The Labute approximate surface area is 101 Å². The van der Waals surface area contributed by atoms with Crippen LogP contribution in [-0.4, -0.2) is 19.1 Å². The van der Waals surface area contributed by atoms with Gasteiger partial charge in [-0.05, 0) is 24.5 Å². The lowest BCUT2D eigenvalue weighted by Gasteiger charge is -2.13. The van der Waals surface area contributed by atoms with Gasteiger partial charge in [-0.15, -0.1) is 0 Å². The van der Waals surface area contributed by atoms with E-state index in [1.54, 1.807) is 6.92 Å². The molecule has 0 fully saturated rings. The Balaban J connectivity index is 1.98. The third-order valence-corrected chi connectivity index (χ3v) is 3.06. The van der Waals surface area contributed by atoms with Crippen molar-refractivity contribution in [2.45, 2.75) is 25.4 Å². The fourth-order valence-corrected chi connectivity index (χ4v) is 2.29. The first-order valence-electron chi connectivity index (χ1n) is 5.95. The predicted molar refractivity (Wildman–Crippen MR) is 65.4 cm³/mol. The molecule has 17 heavy (non-hydrogen) atoms. The third-order valence-electron chi connectivity index (χ3n) is 3.06. The summed E-state index contributed by atoms with van der Waals surface area (Å²) in [5, 5.41) is 3.20. The molecule has 4 nitrogen and oxygen atoms in total. The van der Waals surface area contributed by atoms with E-state index in [0.717, 1.165) is 6.42 Å². The highest BCUT2D eigenvalue weighted by Crippen LogP contribution is 2.36. The molecule has 0 aliphatic heterocycles. The van der Waals surface area contributed by atoms with Gasteiger partial charge in [-0.3, -0.25) is 10.1 Å². The van der Waals surface area contributed by atoms with Crippen molar-refractivity contribution in [3.05, 3.63) is 35.4 Å². The van der Waals surface area contributed by atoms with Crippen LogP contribution >= 0.6 is 0 Å². The van der Waals surface area contributed by atoms with Crippen molar-refractivity contribution in [2.75, 3.05) is 13.2 Å². The molecule has 3 N–H and O–H groups in total. The largest absolute Gasteiger partial charge is 0.465 e. The SMILES string of the molecule is CCOC(=O)CNC1CC(N)c2ccccc21. The van der Waals surface area contributed by atoms with E-state index in [9.17, 15) is 4.79 Å². The molecule has 0 radical (unpaired) electrons. The average Bonchev–Trinajstić information content (AvgIpc) is 2.65. The maximum absolute atomic E-state index is 11.3. The standard InChI is InChI=1S/C13H18N2O2/c1-2-17-13(16)8-15-12-7-11(14)9-5-3-4-6-10(9)12/h3-6,11-12,15H,2,7-8,14H2,1H3. The molecule has 1 aliphatic carbocycles. The molecule has 1 aromatic rings. The Bertz CT molecular complexity index is 406. The molecular formula is C13H18N2O2. The van der Waals surface area contributed by atoms with Gasteiger partial charge < -0.3 is 10.5 Å². The number of nitrogens with one attached hydrogen (secondary N) is 1. The molecule has 0 heterocycles. The van der Waals surface area contributed by atoms with E-state index in [-0.39, 0.29) is 24.6 Å². The smallest absolute Gasteiger partial charge is 0.319 e. The maximum atomic E-state index is 11.3. The Kier molecular flexibility index (Phi) is 3.76. The van der Waals surface area contributed by atoms with Crippen molar-refractivity contribution >= 4 is 5.97 Å². The number of rotatable bonds is 4. The molecule has 4 heteroatoms. The molecule has 2 unspecified atom stereocenters. The van der Waals surface area contributed by atoms with Gasteiger partial charge in [0.1, 0.15) is 0 Å². The predicted octanol–water partition coefficient (Wildman–Crippen LogP) is 1.28. The van der Waals surface area contributed by atoms with Gasteiger partial charge in [-0.1, -0.05) is 24.3 Å². The number of nitrogens with two attached hydrogens (primary N) is 1. The van der Waals surface area contributed by atoms with Crippen LogP contribution in [0.1, 0.15) is 36.6 Å². The highest BCUT2D eigenvalue weighted by Gasteiger charge is 2.28. The fraction of sp³-hybridized carbons (Fsp3) is 0.462. The maximum Gasteiger partial charge on any atom is 0.319 e. The molecule has 0 spiro atoms. The summed E-state index contributed by atoms with van der Waals surface area (Å²) in [6.07, 6.45) is 0.832. The zero-order chi connectivity index (χ0) is 12.3. The molecule has 0 aromatic heterocycles. The average molecular weight is 234 g/mol. The van der Waals surface area contributed by atoms with Crippen LogP contribution in [-0.2, 0) is 9.53 Å². The molecule has 1 aromatic carbocycles. The summed E-state index contributed by atoms with van der Waals surface area (Å²) < 4.78 is 4.88. The van der Waals surface area contributed by atoms with E-state index in [0.29, 0.717) is 6.61 Å². The number of fused-ring (bicyclic) bond motifs is 1. The zero-order valence-electron chi connectivity index (χ0n) is 9.98. The first-order valence-corrected chi connectivity index (χ1v) is 5.95. The van der Waals surface area contributed by atoms with E-state index < -0.39 is 0 Å². The second-order valence-corrected chi connectivity index (χ2v) is 4.21. The summed E-state index contributed by atoms with van der Waals surface area (Å²) in [4.78, 5) is 11.3. The van der Waals surface area contributed by atoms with Gasteiger partial charge in [0.2, 0.25) is 0 Å². The van der Waals surface area contributed by atoms with Crippen molar-refractivity contribution in [2.24, 2.45) is 5.73 Å². The van der Waals surface area contributed by atoms with Crippen LogP contribution in [0.25, 0.3) is 0 Å². The van der Waals surface area contributed by atoms with Gasteiger partial charge in [0, 0.05) is 12.1 Å². The van der Waals surface area contributed by atoms with E-state index in [1.807, 2.05) is 18.2 Å². The summed E-state index contributed by atoms with van der Waals surface area (Å²) in [7, 11) is 0. The van der Waals surface area contributed by atoms with Gasteiger partial charge in [0.25, 0.3) is 0 Å². The minimum atomic E-state index is -0.217. The lowest BCUT2D eigenvalue weighted by molar-refractivity contribution is -0.142. The van der Waals surface area contributed by atoms with E-state index >= 15 is 0 Å². The van der Waals surface area contributed by atoms with Crippen LogP contribution in [0.2, 0.25) is 0 Å². The summed E-state index contributed by atoms with van der Waals surface area (Å²) >= 11 is 0. The Hall–Kier alpha value is -1.39. The number of esters is 1. The number of carbonyl (C=O) groups excluding carboxylic acids is 1. The van der Waals surface area contributed by atoms with Crippen LogP contribution < -0.4 is 11.1 Å². The van der Waals surface area contributed by atoms with Gasteiger partial charge in [-0.25, -0.2) is 0 Å². The van der Waals surface area contributed by atoms with Crippen LogP contribution in [0.15, 0.2) is 24.3 Å². The van der Waals surface area contributed by atoms with Crippen molar-refractivity contribution in [3.8, 4) is 0 Å². The van der Waals surface area contributed by atoms with Gasteiger partial charge in [-0.2, -0.15) is 0 Å². The zero-order valence-corrected chi connectivity index (χ0v) is 9.98. The normalized spacial score (nSPS) is 22.2. The molecule has 2 atom stereocenters. The first kappa shape index (κ1) is 12.1. The topological polar surface area (TPSA) is 64.3 Å². The molecule has 0 amide bonds.